The highest BCUT2D eigenvalue weighted by Crippen LogP contribution is 2.27. The quantitative estimate of drug-likeness (QED) is 0.599. The average molecular weight is 177 g/mol. The summed E-state index contributed by atoms with van der Waals surface area (Å²) in [5.41, 5.74) is 1.35. The molecule has 1 atom stereocenters. The molecular weight excluding hydrogens is 166 g/mol. The number of nitrogens with zero attached hydrogens (tertiary/aromatic N) is 1. The second-order valence-electron chi connectivity index (χ2n) is 2.86. The second kappa shape index (κ2) is 3.31. The third kappa shape index (κ3) is 1.39. The van der Waals surface area contributed by atoms with Gasteiger partial charge in [-0.1, -0.05) is 12.2 Å². The lowest BCUT2D eigenvalue weighted by Gasteiger charge is -2.19. The van der Waals surface area contributed by atoms with Crippen LogP contribution in [0, 0.1) is 0 Å². The number of fused-ring (bicyclic) bond motifs is 1. The second-order valence-corrected chi connectivity index (χ2v) is 3.74. The third-order valence-corrected chi connectivity index (χ3v) is 2.87. The predicted molar refractivity (Wildman–Crippen MR) is 55.7 cm³/mol. The van der Waals surface area contributed by atoms with E-state index >= 15 is 0 Å². The van der Waals surface area contributed by atoms with Crippen molar-refractivity contribution < 1.29 is 0 Å². The minimum absolute atomic E-state index is 0.394. The summed E-state index contributed by atoms with van der Waals surface area (Å²) in [6.07, 6.45) is 13.7. The highest BCUT2D eigenvalue weighted by molar-refractivity contribution is 8.02. The fraction of sp³-hybridized carbons (Fsp3) is 0.300. The van der Waals surface area contributed by atoms with Gasteiger partial charge >= 0.3 is 0 Å². The van der Waals surface area contributed by atoms with Crippen molar-refractivity contribution in [3.8, 4) is 0 Å². The Hall–Kier alpha value is -0.760. The largest absolute Gasteiger partial charge is 0.285 e. The summed E-state index contributed by atoms with van der Waals surface area (Å²) in [6.45, 7) is 0. The molecule has 2 rings (SSSR count). The summed E-state index contributed by atoms with van der Waals surface area (Å²) in [6, 6.07) is 0.394. The molecule has 0 bridgehead atoms. The van der Waals surface area contributed by atoms with Crippen LogP contribution in [0.1, 0.15) is 6.42 Å². The van der Waals surface area contributed by atoms with Crippen LogP contribution in [0.3, 0.4) is 0 Å². The van der Waals surface area contributed by atoms with Crippen molar-refractivity contribution >= 4 is 18.0 Å². The molecule has 0 saturated heterocycles. The van der Waals surface area contributed by atoms with Crippen LogP contribution in [0.5, 0.6) is 0 Å². The Bertz CT molecular complexity index is 297. The van der Waals surface area contributed by atoms with Crippen LogP contribution in [0.2, 0.25) is 0 Å². The van der Waals surface area contributed by atoms with Gasteiger partial charge < -0.3 is 0 Å². The van der Waals surface area contributed by atoms with E-state index in [1.165, 1.54) is 10.5 Å². The van der Waals surface area contributed by atoms with Crippen molar-refractivity contribution in [3.05, 3.63) is 34.8 Å². The van der Waals surface area contributed by atoms with Crippen molar-refractivity contribution in [3.63, 3.8) is 0 Å². The number of allylic oxidation sites excluding steroid dienone is 2. The Kier molecular flexibility index (Phi) is 2.17. The maximum absolute atomic E-state index is 4.39. The molecule has 1 unspecified atom stereocenters. The van der Waals surface area contributed by atoms with E-state index in [1.54, 1.807) is 11.8 Å². The summed E-state index contributed by atoms with van der Waals surface area (Å²) in [5.74, 6) is 0. The first-order valence-electron chi connectivity index (χ1n) is 4.06. The first kappa shape index (κ1) is 7.87. The molecule has 0 fully saturated rings. The highest BCUT2D eigenvalue weighted by atomic mass is 32.2. The van der Waals surface area contributed by atoms with E-state index < -0.39 is 0 Å². The van der Waals surface area contributed by atoms with E-state index in [9.17, 15) is 0 Å². The van der Waals surface area contributed by atoms with Crippen molar-refractivity contribution in [1.29, 1.82) is 0 Å². The van der Waals surface area contributed by atoms with E-state index in [4.69, 9.17) is 0 Å². The van der Waals surface area contributed by atoms with Crippen molar-refractivity contribution in [2.45, 2.75) is 12.5 Å². The third-order valence-electron chi connectivity index (χ3n) is 2.11. The first-order valence-corrected chi connectivity index (χ1v) is 5.28. The van der Waals surface area contributed by atoms with Crippen LogP contribution in [0.4, 0.5) is 0 Å². The van der Waals surface area contributed by atoms with E-state index in [0.717, 1.165) is 6.42 Å². The summed E-state index contributed by atoms with van der Waals surface area (Å²) in [4.78, 5) is 5.75. The molecule has 0 amide bonds. The van der Waals surface area contributed by atoms with Gasteiger partial charge in [-0.2, -0.15) is 0 Å². The van der Waals surface area contributed by atoms with Gasteiger partial charge in [-0.25, -0.2) is 0 Å². The average Bonchev–Trinajstić information content (AvgIpc) is 2.17. The monoisotopic (exact) mass is 177 g/mol. The summed E-state index contributed by atoms with van der Waals surface area (Å²) in [5, 5.41) is 0. The van der Waals surface area contributed by atoms with Crippen LogP contribution in [-0.4, -0.2) is 18.5 Å². The Labute approximate surface area is 77.0 Å². The van der Waals surface area contributed by atoms with Crippen LogP contribution < -0.4 is 0 Å². The Balaban J connectivity index is 2.26. The Morgan fingerprint density at radius 3 is 3.33 bits per heavy atom. The van der Waals surface area contributed by atoms with Crippen LogP contribution in [0.25, 0.3) is 0 Å². The molecule has 1 heterocycles. The molecule has 1 aliphatic carbocycles. The molecule has 0 aromatic heterocycles. The molecule has 1 nitrogen and oxygen atoms in total. The van der Waals surface area contributed by atoms with Gasteiger partial charge in [0.1, 0.15) is 0 Å². The number of hydrogen-bond acceptors (Lipinski definition) is 2. The minimum atomic E-state index is 0.394. The van der Waals surface area contributed by atoms with E-state index in [2.05, 4.69) is 29.5 Å². The lowest BCUT2D eigenvalue weighted by Crippen LogP contribution is -2.11. The number of dihydropyridines is 1. The zero-order valence-corrected chi connectivity index (χ0v) is 7.84. The summed E-state index contributed by atoms with van der Waals surface area (Å²) < 4.78 is 0. The fourth-order valence-electron chi connectivity index (χ4n) is 1.44. The van der Waals surface area contributed by atoms with Crippen LogP contribution in [0.15, 0.2) is 39.8 Å². The summed E-state index contributed by atoms with van der Waals surface area (Å²) in [7, 11) is 0. The normalized spacial score (nSPS) is 26.2. The standard InChI is InChI=1S/C10H11NS/c1-12-9-4-5-10-8(7-9)3-2-6-11-10/h2-4,6-7,10H,5H2,1H3. The van der Waals surface area contributed by atoms with Gasteiger partial charge in [0.25, 0.3) is 0 Å². The maximum atomic E-state index is 4.39. The van der Waals surface area contributed by atoms with E-state index in [-0.39, 0.29) is 0 Å². The molecule has 0 radical (unpaired) electrons. The Morgan fingerprint density at radius 1 is 1.58 bits per heavy atom. The van der Waals surface area contributed by atoms with Gasteiger partial charge in [0, 0.05) is 11.1 Å². The van der Waals surface area contributed by atoms with Crippen molar-refractivity contribution in [2.24, 2.45) is 4.99 Å². The van der Waals surface area contributed by atoms with Gasteiger partial charge in [0.2, 0.25) is 0 Å². The van der Waals surface area contributed by atoms with E-state index in [1.807, 2.05) is 12.3 Å². The SMILES string of the molecule is CSC1=CCC2N=CC=CC2=C1. The maximum Gasteiger partial charge on any atom is 0.0784 e. The predicted octanol–water partition coefficient (Wildman–Crippen LogP) is 2.57. The molecule has 0 saturated carbocycles. The number of thioether (sulfide) groups is 1. The van der Waals surface area contributed by atoms with E-state index in [0.29, 0.717) is 6.04 Å². The molecule has 0 spiro atoms. The Morgan fingerprint density at radius 2 is 2.50 bits per heavy atom. The van der Waals surface area contributed by atoms with Gasteiger partial charge in [-0.3, -0.25) is 4.99 Å². The zero-order chi connectivity index (χ0) is 8.39. The molecule has 1 aliphatic heterocycles. The molecule has 0 aromatic carbocycles. The number of aliphatic imine (C=N–C) groups is 1. The number of rotatable bonds is 1. The molecule has 2 heteroatoms. The molecule has 0 aromatic rings. The lowest BCUT2D eigenvalue weighted by molar-refractivity contribution is 0.793. The summed E-state index contributed by atoms with van der Waals surface area (Å²) >= 11 is 1.80. The molecule has 12 heavy (non-hydrogen) atoms. The van der Waals surface area contributed by atoms with Gasteiger partial charge in [0.15, 0.2) is 0 Å². The molecule has 2 aliphatic rings. The first-order chi connectivity index (χ1) is 5.90. The zero-order valence-electron chi connectivity index (χ0n) is 7.03. The lowest BCUT2D eigenvalue weighted by atomic mass is 9.97. The van der Waals surface area contributed by atoms with Crippen molar-refractivity contribution in [1.82, 2.24) is 0 Å². The topological polar surface area (TPSA) is 12.4 Å². The smallest absolute Gasteiger partial charge is 0.0784 e. The molecule has 0 N–H and O–H groups in total. The van der Waals surface area contributed by atoms with Gasteiger partial charge in [-0.05, 0) is 30.4 Å². The fourth-order valence-corrected chi connectivity index (χ4v) is 1.96. The van der Waals surface area contributed by atoms with Crippen LogP contribution >= 0.6 is 11.8 Å². The highest BCUT2D eigenvalue weighted by Gasteiger charge is 2.15. The molecule has 62 valence electrons. The van der Waals surface area contributed by atoms with Crippen molar-refractivity contribution in [2.75, 3.05) is 6.26 Å². The minimum Gasteiger partial charge on any atom is -0.285 e. The number of hydrogen-bond donors (Lipinski definition) is 0. The molecular formula is C10H11NS. The van der Waals surface area contributed by atoms with Gasteiger partial charge in [0.05, 0.1) is 6.04 Å². The van der Waals surface area contributed by atoms with Gasteiger partial charge in [-0.15, -0.1) is 11.8 Å². The van der Waals surface area contributed by atoms with Crippen LogP contribution in [-0.2, 0) is 0 Å².